The Morgan fingerprint density at radius 2 is 2.22 bits per heavy atom. The third kappa shape index (κ3) is 2.92. The van der Waals surface area contributed by atoms with E-state index >= 15 is 0 Å². The molecule has 0 saturated heterocycles. The molecular weight excluding hydrogens is 236 g/mol. The summed E-state index contributed by atoms with van der Waals surface area (Å²) >= 11 is 0. The highest BCUT2D eigenvalue weighted by Gasteiger charge is 2.05. The zero-order chi connectivity index (χ0) is 12.8. The van der Waals surface area contributed by atoms with Crippen LogP contribution < -0.4 is 10.6 Å². The van der Waals surface area contributed by atoms with Crippen molar-refractivity contribution in [2.45, 2.75) is 6.42 Å². The first-order chi connectivity index (χ1) is 8.81. The van der Waals surface area contributed by atoms with E-state index in [9.17, 15) is 4.79 Å². The maximum absolute atomic E-state index is 11.3. The van der Waals surface area contributed by atoms with Gasteiger partial charge in [-0.05, 0) is 0 Å². The van der Waals surface area contributed by atoms with E-state index in [0.29, 0.717) is 29.9 Å². The molecule has 0 saturated carbocycles. The second-order valence-corrected chi connectivity index (χ2v) is 3.57. The quantitative estimate of drug-likeness (QED) is 0.537. The summed E-state index contributed by atoms with van der Waals surface area (Å²) in [5.74, 6) is 0.499. The molecule has 0 unspecified atom stereocenters. The molecule has 0 aliphatic rings. The molecule has 0 aliphatic heterocycles. The number of aromatic nitrogens is 4. The van der Waals surface area contributed by atoms with E-state index in [1.807, 2.05) is 0 Å². The molecule has 0 fully saturated rings. The minimum Gasteiger partial charge on any atom is -0.395 e. The number of H-pyrrole nitrogens is 1. The van der Waals surface area contributed by atoms with Crippen molar-refractivity contribution in [2.75, 3.05) is 25.0 Å². The van der Waals surface area contributed by atoms with Gasteiger partial charge in [0.25, 0.3) is 0 Å². The summed E-state index contributed by atoms with van der Waals surface area (Å²) in [6, 6.07) is 0. The summed E-state index contributed by atoms with van der Waals surface area (Å²) in [5.41, 5.74) is 1.30. The van der Waals surface area contributed by atoms with Gasteiger partial charge in [0.2, 0.25) is 5.91 Å². The van der Waals surface area contributed by atoms with E-state index in [1.165, 1.54) is 6.33 Å². The van der Waals surface area contributed by atoms with E-state index in [1.54, 1.807) is 6.33 Å². The van der Waals surface area contributed by atoms with Crippen LogP contribution in [-0.4, -0.2) is 50.6 Å². The number of amides is 1. The second-order valence-electron chi connectivity index (χ2n) is 3.57. The van der Waals surface area contributed by atoms with Crippen LogP contribution in [0.25, 0.3) is 11.2 Å². The van der Waals surface area contributed by atoms with Gasteiger partial charge in [0.05, 0.1) is 12.9 Å². The van der Waals surface area contributed by atoms with Gasteiger partial charge in [-0.3, -0.25) is 4.79 Å². The van der Waals surface area contributed by atoms with Crippen LogP contribution in [0, 0.1) is 0 Å². The average molecular weight is 250 g/mol. The number of nitrogens with zero attached hydrogens (tertiary/aromatic N) is 3. The van der Waals surface area contributed by atoms with Crippen LogP contribution >= 0.6 is 0 Å². The standard InChI is InChI=1S/C10H14N6O2/c17-4-3-11-7(18)1-2-12-9-8-10(14-5-13-8)16-6-15-9/h5-6,17H,1-4H2,(H,11,18)(H2,12,13,14,15,16). The lowest BCUT2D eigenvalue weighted by atomic mass is 10.4. The molecule has 18 heavy (non-hydrogen) atoms. The Kier molecular flexibility index (Phi) is 4.02. The van der Waals surface area contributed by atoms with Gasteiger partial charge in [0.15, 0.2) is 11.5 Å². The van der Waals surface area contributed by atoms with Crippen molar-refractivity contribution >= 4 is 22.9 Å². The Balaban J connectivity index is 1.87. The number of hydrogen-bond acceptors (Lipinski definition) is 6. The number of carbonyl (C=O) groups is 1. The molecule has 4 N–H and O–H groups in total. The van der Waals surface area contributed by atoms with Crippen molar-refractivity contribution < 1.29 is 9.90 Å². The molecule has 8 heteroatoms. The Morgan fingerprint density at radius 3 is 3.06 bits per heavy atom. The number of imidazole rings is 1. The first kappa shape index (κ1) is 12.2. The topological polar surface area (TPSA) is 116 Å². The number of aliphatic hydroxyl groups is 1. The van der Waals surface area contributed by atoms with Crippen LogP contribution in [0.1, 0.15) is 6.42 Å². The third-order valence-electron chi connectivity index (χ3n) is 2.30. The highest BCUT2D eigenvalue weighted by molar-refractivity contribution is 5.82. The number of rotatable bonds is 6. The summed E-state index contributed by atoms with van der Waals surface area (Å²) in [5, 5.41) is 14.2. The maximum Gasteiger partial charge on any atom is 0.221 e. The first-order valence-corrected chi connectivity index (χ1v) is 5.57. The predicted molar refractivity (Wildman–Crippen MR) is 64.9 cm³/mol. The van der Waals surface area contributed by atoms with Crippen molar-refractivity contribution in [1.82, 2.24) is 25.3 Å². The van der Waals surface area contributed by atoms with Crippen molar-refractivity contribution in [2.24, 2.45) is 0 Å². The maximum atomic E-state index is 11.3. The van der Waals surface area contributed by atoms with Crippen LogP contribution in [0.5, 0.6) is 0 Å². The summed E-state index contributed by atoms with van der Waals surface area (Å²) in [6.07, 6.45) is 3.26. The summed E-state index contributed by atoms with van der Waals surface area (Å²) < 4.78 is 0. The van der Waals surface area contributed by atoms with Gasteiger partial charge in [0, 0.05) is 19.5 Å². The van der Waals surface area contributed by atoms with Crippen molar-refractivity contribution in [3.05, 3.63) is 12.7 Å². The molecule has 0 bridgehead atoms. The van der Waals surface area contributed by atoms with Crippen molar-refractivity contribution in [1.29, 1.82) is 0 Å². The molecule has 8 nitrogen and oxygen atoms in total. The minimum atomic E-state index is -0.119. The molecule has 0 atom stereocenters. The van der Waals surface area contributed by atoms with E-state index in [0.717, 1.165) is 0 Å². The first-order valence-electron chi connectivity index (χ1n) is 5.57. The Bertz CT molecular complexity index is 526. The number of nitrogens with one attached hydrogen (secondary N) is 3. The largest absolute Gasteiger partial charge is 0.395 e. The normalized spacial score (nSPS) is 10.5. The van der Waals surface area contributed by atoms with Gasteiger partial charge < -0.3 is 20.7 Å². The van der Waals surface area contributed by atoms with Crippen LogP contribution in [0.15, 0.2) is 12.7 Å². The summed E-state index contributed by atoms with van der Waals surface area (Å²) in [6.45, 7) is 0.666. The lowest BCUT2D eigenvalue weighted by molar-refractivity contribution is -0.120. The molecule has 0 aliphatic carbocycles. The van der Waals surface area contributed by atoms with Crippen LogP contribution in [0.4, 0.5) is 5.82 Å². The SMILES string of the molecule is O=C(CCNc1ncnc2nc[nH]c12)NCCO. The van der Waals surface area contributed by atoms with E-state index in [4.69, 9.17) is 5.11 Å². The highest BCUT2D eigenvalue weighted by Crippen LogP contribution is 2.13. The second kappa shape index (κ2) is 5.92. The van der Waals surface area contributed by atoms with Gasteiger partial charge in [-0.2, -0.15) is 0 Å². The molecule has 2 aromatic heterocycles. The number of aromatic amines is 1. The molecule has 1 amide bonds. The Hall–Kier alpha value is -2.22. The fourth-order valence-electron chi connectivity index (χ4n) is 1.48. The molecular formula is C10H14N6O2. The fourth-order valence-corrected chi connectivity index (χ4v) is 1.48. The average Bonchev–Trinajstić information content (AvgIpc) is 2.85. The number of fused-ring (bicyclic) bond motifs is 1. The monoisotopic (exact) mass is 250 g/mol. The van der Waals surface area contributed by atoms with E-state index in [2.05, 4.69) is 30.6 Å². The molecule has 2 heterocycles. The minimum absolute atomic E-state index is 0.0557. The Labute approximate surface area is 103 Å². The van der Waals surface area contributed by atoms with Gasteiger partial charge >= 0.3 is 0 Å². The van der Waals surface area contributed by atoms with Gasteiger partial charge in [-0.1, -0.05) is 0 Å². The van der Waals surface area contributed by atoms with Gasteiger partial charge in [-0.25, -0.2) is 15.0 Å². The fraction of sp³-hybridized carbons (Fsp3) is 0.400. The Morgan fingerprint density at radius 1 is 1.33 bits per heavy atom. The third-order valence-corrected chi connectivity index (χ3v) is 2.30. The highest BCUT2D eigenvalue weighted by atomic mass is 16.3. The zero-order valence-electron chi connectivity index (χ0n) is 9.68. The molecule has 96 valence electrons. The molecule has 0 radical (unpaired) electrons. The van der Waals surface area contributed by atoms with E-state index < -0.39 is 0 Å². The zero-order valence-corrected chi connectivity index (χ0v) is 9.68. The van der Waals surface area contributed by atoms with Gasteiger partial charge in [-0.15, -0.1) is 0 Å². The molecule has 2 rings (SSSR count). The molecule has 2 aromatic rings. The summed E-state index contributed by atoms with van der Waals surface area (Å²) in [7, 11) is 0. The summed E-state index contributed by atoms with van der Waals surface area (Å²) in [4.78, 5) is 26.3. The number of aliphatic hydroxyl groups excluding tert-OH is 1. The lowest BCUT2D eigenvalue weighted by Crippen LogP contribution is -2.28. The molecule has 0 aromatic carbocycles. The number of hydrogen-bond donors (Lipinski definition) is 4. The number of carbonyl (C=O) groups excluding carboxylic acids is 1. The lowest BCUT2D eigenvalue weighted by Gasteiger charge is -2.06. The van der Waals surface area contributed by atoms with Crippen molar-refractivity contribution in [3.8, 4) is 0 Å². The van der Waals surface area contributed by atoms with Crippen LogP contribution in [-0.2, 0) is 4.79 Å². The molecule has 0 spiro atoms. The number of anilines is 1. The van der Waals surface area contributed by atoms with Gasteiger partial charge in [0.1, 0.15) is 11.8 Å². The smallest absolute Gasteiger partial charge is 0.221 e. The van der Waals surface area contributed by atoms with Crippen LogP contribution in [0.3, 0.4) is 0 Å². The van der Waals surface area contributed by atoms with Crippen molar-refractivity contribution in [3.63, 3.8) is 0 Å². The van der Waals surface area contributed by atoms with E-state index in [-0.39, 0.29) is 19.1 Å². The predicted octanol–water partition coefficient (Wildman–Crippen LogP) is -0.737. The van der Waals surface area contributed by atoms with Crippen LogP contribution in [0.2, 0.25) is 0 Å².